The van der Waals surface area contributed by atoms with Gasteiger partial charge < -0.3 is 5.32 Å². The normalized spacial score (nSPS) is 15.8. The molecular formula is C9H11NOS. The molecule has 2 rings (SSSR count). The zero-order valence-corrected chi connectivity index (χ0v) is 7.83. The maximum Gasteiger partial charge on any atom is 0.170 e. The Balaban J connectivity index is 2.44. The van der Waals surface area contributed by atoms with Gasteiger partial charge in [0.25, 0.3) is 0 Å². The van der Waals surface area contributed by atoms with Crippen LogP contribution in [0.4, 0.5) is 0 Å². The van der Waals surface area contributed by atoms with E-state index in [9.17, 15) is 4.79 Å². The summed E-state index contributed by atoms with van der Waals surface area (Å²) in [6.45, 7) is 3.55. The Bertz CT molecular complexity index is 316. The summed E-state index contributed by atoms with van der Waals surface area (Å²) in [6.07, 6.45) is 1.07. The third kappa shape index (κ3) is 1.19. The molecule has 0 aromatic carbocycles. The summed E-state index contributed by atoms with van der Waals surface area (Å²) in [5.74, 6) is 0.199. The number of Topliss-reactive ketones (excluding diaryl/α,β-unsaturated/α-hetero) is 1. The lowest BCUT2D eigenvalue weighted by atomic mass is 10.0. The molecule has 1 aliphatic heterocycles. The fraction of sp³-hybridized carbons (Fsp3) is 0.444. The lowest BCUT2D eigenvalue weighted by Crippen LogP contribution is -2.23. The van der Waals surface area contributed by atoms with Gasteiger partial charge in [-0.2, -0.15) is 0 Å². The second-order valence-corrected chi connectivity index (χ2v) is 3.93. The predicted molar refractivity (Wildman–Crippen MR) is 49.7 cm³/mol. The number of fused-ring (bicyclic) bond motifs is 1. The number of carbonyl (C=O) groups excluding carboxylic acids is 1. The Morgan fingerprint density at radius 1 is 1.67 bits per heavy atom. The minimum absolute atomic E-state index is 0.199. The van der Waals surface area contributed by atoms with Crippen LogP contribution < -0.4 is 5.32 Å². The summed E-state index contributed by atoms with van der Waals surface area (Å²) in [5.41, 5.74) is 2.60. The Morgan fingerprint density at radius 3 is 3.25 bits per heavy atom. The molecule has 1 aromatic rings. The lowest BCUT2D eigenvalue weighted by molar-refractivity contribution is 0.102. The number of rotatable bonds is 1. The maximum atomic E-state index is 11.2. The number of hydrogen-bond acceptors (Lipinski definition) is 3. The summed E-state index contributed by atoms with van der Waals surface area (Å²) in [6, 6.07) is 0. The quantitative estimate of drug-likeness (QED) is 0.667. The fourth-order valence-electron chi connectivity index (χ4n) is 1.55. The number of thiophene rings is 1. The Kier molecular flexibility index (Phi) is 1.98. The summed E-state index contributed by atoms with van der Waals surface area (Å²) >= 11 is 1.58. The van der Waals surface area contributed by atoms with Crippen molar-refractivity contribution in [3.8, 4) is 0 Å². The highest BCUT2D eigenvalue weighted by Gasteiger charge is 2.16. The van der Waals surface area contributed by atoms with E-state index in [0.717, 1.165) is 24.4 Å². The largest absolute Gasteiger partial charge is 0.312 e. The van der Waals surface area contributed by atoms with Crippen molar-refractivity contribution in [2.24, 2.45) is 0 Å². The van der Waals surface area contributed by atoms with Crippen LogP contribution in [0.15, 0.2) is 5.38 Å². The van der Waals surface area contributed by atoms with Crippen molar-refractivity contribution in [1.82, 2.24) is 5.32 Å². The van der Waals surface area contributed by atoms with Crippen molar-refractivity contribution in [2.75, 3.05) is 6.54 Å². The van der Waals surface area contributed by atoms with Crippen molar-refractivity contribution in [2.45, 2.75) is 19.9 Å². The van der Waals surface area contributed by atoms with Crippen LogP contribution >= 0.6 is 11.3 Å². The van der Waals surface area contributed by atoms with Crippen molar-refractivity contribution in [3.63, 3.8) is 0 Å². The maximum absolute atomic E-state index is 11.2. The first kappa shape index (κ1) is 7.95. The summed E-state index contributed by atoms with van der Waals surface area (Å²) in [7, 11) is 0. The molecule has 12 heavy (non-hydrogen) atoms. The summed E-state index contributed by atoms with van der Waals surface area (Å²) in [4.78, 5) is 12.1. The first-order chi connectivity index (χ1) is 5.79. The van der Waals surface area contributed by atoms with Crippen LogP contribution in [0.2, 0.25) is 0 Å². The molecule has 0 saturated carbocycles. The van der Waals surface area contributed by atoms with Gasteiger partial charge in [-0.25, -0.2) is 0 Å². The van der Waals surface area contributed by atoms with Gasteiger partial charge in [-0.15, -0.1) is 11.3 Å². The molecule has 0 unspecified atom stereocenters. The first-order valence-corrected chi connectivity index (χ1v) is 4.98. The van der Waals surface area contributed by atoms with Crippen molar-refractivity contribution in [1.29, 1.82) is 0 Å². The molecule has 0 fully saturated rings. The summed E-state index contributed by atoms with van der Waals surface area (Å²) < 4.78 is 0. The monoisotopic (exact) mass is 181 g/mol. The SMILES string of the molecule is CC(=O)c1scc2c1CNCC2. The van der Waals surface area contributed by atoms with E-state index in [0.29, 0.717) is 0 Å². The molecule has 0 saturated heterocycles. The molecule has 0 radical (unpaired) electrons. The zero-order chi connectivity index (χ0) is 8.55. The van der Waals surface area contributed by atoms with Crippen LogP contribution in [0.5, 0.6) is 0 Å². The van der Waals surface area contributed by atoms with Gasteiger partial charge in [0.15, 0.2) is 5.78 Å². The van der Waals surface area contributed by atoms with Gasteiger partial charge in [-0.1, -0.05) is 0 Å². The van der Waals surface area contributed by atoms with E-state index in [2.05, 4.69) is 10.7 Å². The average Bonchev–Trinajstić information content (AvgIpc) is 2.47. The van der Waals surface area contributed by atoms with E-state index in [1.165, 1.54) is 11.1 Å². The highest BCUT2D eigenvalue weighted by molar-refractivity contribution is 7.12. The third-order valence-electron chi connectivity index (χ3n) is 2.17. The van der Waals surface area contributed by atoms with Gasteiger partial charge in [0.05, 0.1) is 4.88 Å². The molecular weight excluding hydrogens is 170 g/mol. The minimum atomic E-state index is 0.199. The smallest absolute Gasteiger partial charge is 0.170 e. The molecule has 1 N–H and O–H groups in total. The van der Waals surface area contributed by atoms with E-state index < -0.39 is 0 Å². The molecule has 2 heterocycles. The molecule has 3 heteroatoms. The molecule has 0 spiro atoms. The van der Waals surface area contributed by atoms with Gasteiger partial charge in [-0.3, -0.25) is 4.79 Å². The van der Waals surface area contributed by atoms with E-state index in [1.807, 2.05) is 0 Å². The topological polar surface area (TPSA) is 29.1 Å². The van der Waals surface area contributed by atoms with E-state index >= 15 is 0 Å². The first-order valence-electron chi connectivity index (χ1n) is 4.10. The van der Waals surface area contributed by atoms with Gasteiger partial charge in [0.2, 0.25) is 0 Å². The van der Waals surface area contributed by atoms with E-state index in [1.54, 1.807) is 18.3 Å². The highest BCUT2D eigenvalue weighted by Crippen LogP contribution is 2.25. The van der Waals surface area contributed by atoms with Crippen molar-refractivity contribution < 1.29 is 4.79 Å². The van der Waals surface area contributed by atoms with Gasteiger partial charge in [0.1, 0.15) is 0 Å². The van der Waals surface area contributed by atoms with Crippen LogP contribution in [0.1, 0.15) is 27.7 Å². The Labute approximate surface area is 75.6 Å². The van der Waals surface area contributed by atoms with Crippen LogP contribution in [0.25, 0.3) is 0 Å². The van der Waals surface area contributed by atoms with Crippen LogP contribution in [-0.4, -0.2) is 12.3 Å². The van der Waals surface area contributed by atoms with E-state index in [4.69, 9.17) is 0 Å². The van der Waals surface area contributed by atoms with Gasteiger partial charge >= 0.3 is 0 Å². The van der Waals surface area contributed by atoms with Gasteiger partial charge in [0, 0.05) is 6.54 Å². The number of hydrogen-bond donors (Lipinski definition) is 1. The van der Waals surface area contributed by atoms with Crippen molar-refractivity contribution >= 4 is 17.1 Å². The third-order valence-corrected chi connectivity index (χ3v) is 3.35. The van der Waals surface area contributed by atoms with Crippen LogP contribution in [-0.2, 0) is 13.0 Å². The predicted octanol–water partition coefficient (Wildman–Crippen LogP) is 1.60. The van der Waals surface area contributed by atoms with Gasteiger partial charge in [-0.05, 0) is 36.4 Å². The van der Waals surface area contributed by atoms with E-state index in [-0.39, 0.29) is 5.78 Å². The number of nitrogens with one attached hydrogen (secondary N) is 1. The summed E-state index contributed by atoms with van der Waals surface area (Å²) in [5, 5.41) is 5.39. The van der Waals surface area contributed by atoms with Crippen LogP contribution in [0.3, 0.4) is 0 Å². The molecule has 64 valence electrons. The fourth-order valence-corrected chi connectivity index (χ4v) is 2.59. The highest BCUT2D eigenvalue weighted by atomic mass is 32.1. The Hall–Kier alpha value is -0.670. The second kappa shape index (κ2) is 2.99. The van der Waals surface area contributed by atoms with Crippen molar-refractivity contribution in [3.05, 3.63) is 21.4 Å². The molecule has 0 amide bonds. The molecule has 0 bridgehead atoms. The van der Waals surface area contributed by atoms with Crippen LogP contribution in [0, 0.1) is 0 Å². The average molecular weight is 181 g/mol. The molecule has 1 aliphatic rings. The number of ketones is 1. The molecule has 0 atom stereocenters. The zero-order valence-electron chi connectivity index (χ0n) is 7.02. The molecule has 2 nitrogen and oxygen atoms in total. The lowest BCUT2D eigenvalue weighted by Gasteiger charge is -2.13. The molecule has 0 aliphatic carbocycles. The molecule has 1 aromatic heterocycles. The Morgan fingerprint density at radius 2 is 2.50 bits per heavy atom. The standard InChI is InChI=1S/C9H11NOS/c1-6(11)9-8-4-10-3-2-7(8)5-12-9/h5,10H,2-4H2,1H3. The second-order valence-electron chi connectivity index (χ2n) is 3.05. The minimum Gasteiger partial charge on any atom is -0.312 e. The number of carbonyl (C=O) groups is 1.